The number of ether oxygens (including phenoxy) is 2. The molecule has 0 bridgehead atoms. The quantitative estimate of drug-likeness (QED) is 0.113. The van der Waals surface area contributed by atoms with E-state index in [1.807, 2.05) is 18.2 Å². The van der Waals surface area contributed by atoms with Crippen LogP contribution in [0.5, 0.6) is 11.5 Å². The van der Waals surface area contributed by atoms with E-state index in [1.54, 1.807) is 19.3 Å². The third-order valence-electron chi connectivity index (χ3n) is 5.64. The van der Waals surface area contributed by atoms with Gasteiger partial charge in [0.05, 0.1) is 6.26 Å². The Morgan fingerprint density at radius 1 is 1.05 bits per heavy atom. The number of methoxy groups -OCH3 is 1. The number of phenols is 1. The molecular formula is C26H30O11. The topological polar surface area (TPSA) is 165 Å². The molecule has 0 saturated carbocycles. The van der Waals surface area contributed by atoms with Gasteiger partial charge in [0.1, 0.15) is 47.6 Å². The van der Waals surface area contributed by atoms with Gasteiger partial charge in [0.15, 0.2) is 5.78 Å². The molecule has 0 aliphatic carbocycles. The fourth-order valence-electron chi connectivity index (χ4n) is 3.74. The van der Waals surface area contributed by atoms with Crippen LogP contribution in [0, 0.1) is 6.92 Å². The van der Waals surface area contributed by atoms with Gasteiger partial charge in [-0.2, -0.15) is 4.89 Å². The van der Waals surface area contributed by atoms with Crippen LogP contribution in [0.3, 0.4) is 0 Å². The molecule has 200 valence electrons. The zero-order valence-corrected chi connectivity index (χ0v) is 20.6. The van der Waals surface area contributed by atoms with Crippen LogP contribution in [0.4, 0.5) is 0 Å². The summed E-state index contributed by atoms with van der Waals surface area (Å²) in [7, 11) is 1.21. The first-order valence-corrected chi connectivity index (χ1v) is 11.5. The normalized spacial score (nSPS) is 14.6. The second-order valence-electron chi connectivity index (χ2n) is 8.50. The SMILES string of the molecule is COC(COOC(C)=O)C(O)C(O)C(O)Oc1cc(C)cc(O)c1C(=O)CCc1ccc2occc2c1. The number of carbonyl (C=O) groups is 2. The zero-order valence-electron chi connectivity index (χ0n) is 20.6. The first-order chi connectivity index (χ1) is 17.6. The van der Waals surface area contributed by atoms with Gasteiger partial charge in [-0.1, -0.05) is 6.07 Å². The van der Waals surface area contributed by atoms with Crippen LogP contribution >= 0.6 is 0 Å². The molecular weight excluding hydrogens is 488 g/mol. The maximum atomic E-state index is 13.1. The van der Waals surface area contributed by atoms with Gasteiger partial charge in [-0.25, -0.2) is 4.79 Å². The maximum Gasteiger partial charge on any atom is 0.339 e. The molecule has 0 amide bonds. The lowest BCUT2D eigenvalue weighted by Gasteiger charge is -2.28. The Hall–Kier alpha value is -3.48. The number of aryl methyl sites for hydroxylation is 2. The number of furan rings is 1. The molecule has 4 unspecified atom stereocenters. The van der Waals surface area contributed by atoms with E-state index in [2.05, 4.69) is 9.78 Å². The van der Waals surface area contributed by atoms with Crippen molar-refractivity contribution in [2.45, 2.75) is 51.3 Å². The van der Waals surface area contributed by atoms with Crippen LogP contribution in [0.25, 0.3) is 11.0 Å². The van der Waals surface area contributed by atoms with Gasteiger partial charge in [0, 0.05) is 25.8 Å². The van der Waals surface area contributed by atoms with Crippen LogP contribution in [0.15, 0.2) is 47.1 Å². The number of Topliss-reactive ketones (excluding diaryl/α,β-unsaturated/α-hetero) is 1. The van der Waals surface area contributed by atoms with Gasteiger partial charge in [-0.05, 0) is 54.8 Å². The monoisotopic (exact) mass is 518 g/mol. The number of aliphatic hydroxyl groups is 3. The summed E-state index contributed by atoms with van der Waals surface area (Å²) in [6.07, 6.45) is -4.90. The minimum atomic E-state index is -2.02. The average Bonchev–Trinajstić information content (AvgIpc) is 3.32. The highest BCUT2D eigenvalue weighted by atomic mass is 17.2. The van der Waals surface area contributed by atoms with Gasteiger partial charge in [-0.15, -0.1) is 0 Å². The van der Waals surface area contributed by atoms with E-state index in [-0.39, 0.29) is 23.5 Å². The summed E-state index contributed by atoms with van der Waals surface area (Å²) < 4.78 is 15.8. The third-order valence-corrected chi connectivity index (χ3v) is 5.64. The van der Waals surface area contributed by atoms with Crippen molar-refractivity contribution in [1.29, 1.82) is 0 Å². The highest BCUT2D eigenvalue weighted by Crippen LogP contribution is 2.32. The highest BCUT2D eigenvalue weighted by Gasteiger charge is 2.34. The van der Waals surface area contributed by atoms with Crippen LogP contribution in [0.2, 0.25) is 0 Å². The predicted molar refractivity (Wildman–Crippen MR) is 129 cm³/mol. The van der Waals surface area contributed by atoms with Gasteiger partial charge in [-0.3, -0.25) is 9.68 Å². The fraction of sp³-hybridized carbons (Fsp3) is 0.385. The summed E-state index contributed by atoms with van der Waals surface area (Å²) >= 11 is 0. The number of phenolic OH excluding ortho intramolecular Hbond substituents is 1. The van der Waals surface area contributed by atoms with Crippen molar-refractivity contribution in [3.05, 3.63) is 59.4 Å². The van der Waals surface area contributed by atoms with Crippen molar-refractivity contribution in [3.63, 3.8) is 0 Å². The Morgan fingerprint density at radius 2 is 1.81 bits per heavy atom. The summed E-state index contributed by atoms with van der Waals surface area (Å²) in [5.41, 5.74) is 1.97. The number of ketones is 1. The molecule has 3 aromatic rings. The lowest BCUT2D eigenvalue weighted by atomic mass is 9.99. The van der Waals surface area contributed by atoms with E-state index in [0.717, 1.165) is 23.5 Å². The highest BCUT2D eigenvalue weighted by molar-refractivity contribution is 6.01. The number of aliphatic hydroxyl groups excluding tert-OH is 3. The minimum Gasteiger partial charge on any atom is -0.507 e. The summed E-state index contributed by atoms with van der Waals surface area (Å²) in [5.74, 6) is -1.70. The van der Waals surface area contributed by atoms with Gasteiger partial charge in [0.2, 0.25) is 6.29 Å². The lowest BCUT2D eigenvalue weighted by Crippen LogP contribution is -2.49. The minimum absolute atomic E-state index is 0.0247. The van der Waals surface area contributed by atoms with Gasteiger partial charge in [0.25, 0.3) is 0 Å². The molecule has 0 saturated heterocycles. The van der Waals surface area contributed by atoms with Crippen LogP contribution in [0.1, 0.15) is 34.8 Å². The second-order valence-corrected chi connectivity index (χ2v) is 8.50. The molecule has 37 heavy (non-hydrogen) atoms. The van der Waals surface area contributed by atoms with Gasteiger partial charge >= 0.3 is 5.97 Å². The number of hydrogen-bond acceptors (Lipinski definition) is 11. The number of fused-ring (bicyclic) bond motifs is 1. The van der Waals surface area contributed by atoms with Crippen LogP contribution in [-0.2, 0) is 25.7 Å². The standard InChI is InChI=1S/C26H30O11/c1-14-10-19(29)23(18(28)6-4-16-5-7-20-17(12-16)8-9-34-20)21(11-14)36-26(32)25(31)24(30)22(33-3)13-35-37-15(2)27/h5,7-12,22,24-26,29-32H,4,6,13H2,1-3H3. The molecule has 0 spiro atoms. The Morgan fingerprint density at radius 3 is 2.51 bits per heavy atom. The first kappa shape index (κ1) is 28.1. The zero-order chi connectivity index (χ0) is 27.1. The molecule has 1 aromatic heterocycles. The van der Waals surface area contributed by atoms with Crippen molar-refractivity contribution in [1.82, 2.24) is 0 Å². The van der Waals surface area contributed by atoms with Crippen molar-refractivity contribution in [3.8, 4) is 11.5 Å². The summed E-state index contributed by atoms with van der Waals surface area (Å²) in [6, 6.07) is 10.2. The molecule has 11 nitrogen and oxygen atoms in total. The largest absolute Gasteiger partial charge is 0.507 e. The molecule has 3 rings (SSSR count). The van der Waals surface area contributed by atoms with E-state index >= 15 is 0 Å². The Kier molecular flexibility index (Phi) is 9.61. The Bertz CT molecular complexity index is 1220. The van der Waals surface area contributed by atoms with Crippen molar-refractivity contribution < 1.29 is 53.7 Å². The molecule has 0 aliphatic heterocycles. The van der Waals surface area contributed by atoms with E-state index in [9.17, 15) is 30.0 Å². The van der Waals surface area contributed by atoms with Crippen molar-refractivity contribution in [2.75, 3.05) is 13.7 Å². The predicted octanol–water partition coefficient (Wildman–Crippen LogP) is 2.19. The molecule has 0 radical (unpaired) electrons. The molecule has 11 heteroatoms. The second kappa shape index (κ2) is 12.7. The number of rotatable bonds is 13. The summed E-state index contributed by atoms with van der Waals surface area (Å²) in [6.45, 7) is 2.31. The molecule has 1 heterocycles. The Labute approximate surface area is 212 Å². The molecule has 0 aliphatic rings. The van der Waals surface area contributed by atoms with Gasteiger partial charge < -0.3 is 34.3 Å². The number of carbonyl (C=O) groups excluding carboxylic acids is 2. The number of benzene rings is 2. The van der Waals surface area contributed by atoms with Crippen molar-refractivity contribution in [2.24, 2.45) is 0 Å². The summed E-state index contributed by atoms with van der Waals surface area (Å²) in [5, 5.41) is 42.7. The maximum absolute atomic E-state index is 13.1. The Balaban J connectivity index is 1.71. The van der Waals surface area contributed by atoms with E-state index in [1.165, 1.54) is 19.2 Å². The average molecular weight is 519 g/mol. The van der Waals surface area contributed by atoms with E-state index in [0.29, 0.717) is 12.0 Å². The van der Waals surface area contributed by atoms with Crippen LogP contribution < -0.4 is 4.74 Å². The van der Waals surface area contributed by atoms with Crippen molar-refractivity contribution >= 4 is 22.7 Å². The smallest absolute Gasteiger partial charge is 0.339 e. The lowest BCUT2D eigenvalue weighted by molar-refractivity contribution is -0.289. The molecule has 2 aromatic carbocycles. The van der Waals surface area contributed by atoms with E-state index in [4.69, 9.17) is 13.9 Å². The number of hydrogen-bond donors (Lipinski definition) is 4. The molecule has 4 N–H and O–H groups in total. The third kappa shape index (κ3) is 7.28. The molecule has 0 fully saturated rings. The number of aromatic hydroxyl groups is 1. The summed E-state index contributed by atoms with van der Waals surface area (Å²) in [4.78, 5) is 32.9. The van der Waals surface area contributed by atoms with E-state index < -0.39 is 43.0 Å². The van der Waals surface area contributed by atoms with Crippen LogP contribution in [-0.4, -0.2) is 70.5 Å². The molecule has 4 atom stereocenters. The first-order valence-electron chi connectivity index (χ1n) is 11.5. The fourth-order valence-corrected chi connectivity index (χ4v) is 3.74.